The summed E-state index contributed by atoms with van der Waals surface area (Å²) < 4.78 is 3.20. The van der Waals surface area contributed by atoms with Crippen molar-refractivity contribution in [3.05, 3.63) is 70.2 Å². The van der Waals surface area contributed by atoms with Crippen LogP contribution in [0.2, 0.25) is 0 Å². The van der Waals surface area contributed by atoms with Crippen LogP contribution in [-0.2, 0) is 11.3 Å². The molecule has 0 aliphatic rings. The fraction of sp³-hybridized carbons (Fsp3) is 0.278. The van der Waals surface area contributed by atoms with E-state index >= 15 is 0 Å². The Morgan fingerprint density at radius 3 is 2.78 bits per heavy atom. The lowest BCUT2D eigenvalue weighted by Gasteiger charge is -2.15. The van der Waals surface area contributed by atoms with Crippen LogP contribution >= 0.6 is 0 Å². The van der Waals surface area contributed by atoms with Gasteiger partial charge in [-0.15, -0.1) is 0 Å². The number of amides is 1. The summed E-state index contributed by atoms with van der Waals surface area (Å²) in [5.74, 6) is -0.533. The summed E-state index contributed by atoms with van der Waals surface area (Å²) in [7, 11) is 0. The molecule has 0 saturated carbocycles. The number of aromatic nitrogens is 4. The van der Waals surface area contributed by atoms with Gasteiger partial charge in [-0.05, 0) is 42.0 Å². The fourth-order valence-corrected chi connectivity index (χ4v) is 2.90. The molecular weight excluding hydrogens is 348 g/mol. The number of nitro groups is 1. The number of hydrogen-bond acceptors (Lipinski definition) is 5. The first-order valence-corrected chi connectivity index (χ1v) is 8.55. The molecule has 1 amide bonds. The Morgan fingerprint density at radius 1 is 1.33 bits per heavy atom. The van der Waals surface area contributed by atoms with Crippen molar-refractivity contribution in [3.8, 4) is 0 Å². The van der Waals surface area contributed by atoms with Gasteiger partial charge < -0.3 is 15.4 Å². The van der Waals surface area contributed by atoms with Crippen molar-refractivity contribution in [1.82, 2.24) is 19.6 Å². The van der Waals surface area contributed by atoms with Crippen molar-refractivity contribution in [1.29, 1.82) is 0 Å². The first kappa shape index (κ1) is 18.3. The molecule has 0 saturated heterocycles. The van der Waals surface area contributed by atoms with Crippen LogP contribution in [0.1, 0.15) is 30.6 Å². The van der Waals surface area contributed by atoms with Gasteiger partial charge in [-0.1, -0.05) is 19.1 Å². The summed E-state index contributed by atoms with van der Waals surface area (Å²) in [5, 5.41) is 21.9. The van der Waals surface area contributed by atoms with Crippen molar-refractivity contribution < 1.29 is 9.72 Å². The van der Waals surface area contributed by atoms with Gasteiger partial charge in [0.1, 0.15) is 0 Å². The molecule has 0 bridgehead atoms. The molecule has 140 valence electrons. The monoisotopic (exact) mass is 368 g/mol. The largest absolute Gasteiger partial charge is 0.390 e. The molecule has 9 heteroatoms. The molecule has 0 aliphatic heterocycles. The highest BCUT2D eigenvalue weighted by molar-refractivity contribution is 5.93. The SMILES string of the molecule is CCC(C(=O)Nc1cccc(Cn2cccn2)c1)n1nc([N+](=O)[O-])cc1C. The second-order valence-electron chi connectivity index (χ2n) is 6.16. The average Bonchev–Trinajstić information content (AvgIpc) is 3.26. The zero-order valence-electron chi connectivity index (χ0n) is 15.1. The predicted molar refractivity (Wildman–Crippen MR) is 99.3 cm³/mol. The van der Waals surface area contributed by atoms with Gasteiger partial charge in [0.2, 0.25) is 0 Å². The van der Waals surface area contributed by atoms with E-state index in [0.717, 1.165) is 5.56 Å². The molecule has 2 aromatic heterocycles. The number of anilines is 1. The number of carbonyl (C=O) groups excluding carboxylic acids is 1. The van der Waals surface area contributed by atoms with Crippen LogP contribution < -0.4 is 5.32 Å². The van der Waals surface area contributed by atoms with Gasteiger partial charge in [0.05, 0.1) is 23.4 Å². The van der Waals surface area contributed by atoms with E-state index in [1.165, 1.54) is 10.7 Å². The van der Waals surface area contributed by atoms with Crippen LogP contribution in [0.5, 0.6) is 0 Å². The minimum Gasteiger partial charge on any atom is -0.358 e. The Kier molecular flexibility index (Phi) is 5.30. The number of rotatable bonds is 7. The summed E-state index contributed by atoms with van der Waals surface area (Å²) >= 11 is 0. The molecule has 9 nitrogen and oxygen atoms in total. The predicted octanol–water partition coefficient (Wildman–Crippen LogP) is 2.93. The molecule has 0 fully saturated rings. The molecule has 1 aromatic carbocycles. The molecule has 3 aromatic rings. The first-order chi connectivity index (χ1) is 13.0. The zero-order chi connectivity index (χ0) is 19.4. The minimum absolute atomic E-state index is 0.264. The van der Waals surface area contributed by atoms with E-state index in [1.54, 1.807) is 23.9 Å². The van der Waals surface area contributed by atoms with E-state index in [1.807, 2.05) is 37.4 Å². The number of hydrogen-bond donors (Lipinski definition) is 1. The minimum atomic E-state index is -0.631. The van der Waals surface area contributed by atoms with E-state index in [4.69, 9.17) is 0 Å². The maximum absolute atomic E-state index is 12.7. The smallest absolute Gasteiger partial charge is 0.358 e. The summed E-state index contributed by atoms with van der Waals surface area (Å²) in [6.07, 6.45) is 4.04. The molecule has 0 radical (unpaired) electrons. The van der Waals surface area contributed by atoms with E-state index in [0.29, 0.717) is 24.3 Å². The van der Waals surface area contributed by atoms with E-state index in [-0.39, 0.29) is 11.7 Å². The normalized spacial score (nSPS) is 11.9. The third kappa shape index (κ3) is 4.20. The Morgan fingerprint density at radius 2 is 2.15 bits per heavy atom. The van der Waals surface area contributed by atoms with Crippen molar-refractivity contribution in [2.45, 2.75) is 32.9 Å². The molecule has 2 heterocycles. The lowest BCUT2D eigenvalue weighted by Crippen LogP contribution is -2.27. The maximum Gasteiger partial charge on any atom is 0.390 e. The molecule has 1 unspecified atom stereocenters. The number of carbonyl (C=O) groups is 1. The van der Waals surface area contributed by atoms with Crippen molar-refractivity contribution >= 4 is 17.4 Å². The van der Waals surface area contributed by atoms with Gasteiger partial charge in [-0.3, -0.25) is 9.48 Å². The van der Waals surface area contributed by atoms with Crippen LogP contribution in [0, 0.1) is 17.0 Å². The molecule has 1 N–H and O–H groups in total. The molecule has 1 atom stereocenters. The van der Waals surface area contributed by atoms with Gasteiger partial charge in [-0.2, -0.15) is 9.78 Å². The third-order valence-electron chi connectivity index (χ3n) is 4.18. The van der Waals surface area contributed by atoms with Crippen molar-refractivity contribution in [2.75, 3.05) is 5.32 Å². The second kappa shape index (κ2) is 7.81. The Labute approximate surface area is 155 Å². The van der Waals surface area contributed by atoms with Gasteiger partial charge in [0.15, 0.2) is 6.04 Å². The maximum atomic E-state index is 12.7. The number of benzene rings is 1. The molecule has 3 rings (SSSR count). The van der Waals surface area contributed by atoms with Crippen LogP contribution in [0.15, 0.2) is 48.8 Å². The molecular formula is C18H20N6O3. The lowest BCUT2D eigenvalue weighted by atomic mass is 10.1. The van der Waals surface area contributed by atoms with Gasteiger partial charge in [0, 0.05) is 18.1 Å². The van der Waals surface area contributed by atoms with Gasteiger partial charge in [0.25, 0.3) is 5.91 Å². The van der Waals surface area contributed by atoms with Crippen LogP contribution in [0.25, 0.3) is 0 Å². The molecule has 0 spiro atoms. The zero-order valence-corrected chi connectivity index (χ0v) is 15.1. The molecule has 27 heavy (non-hydrogen) atoms. The standard InChI is InChI=1S/C18H20N6O3/c1-3-16(23-13(2)10-17(21-23)24(26)27)18(25)20-15-7-4-6-14(11-15)12-22-9-5-8-19-22/h4-11,16H,3,12H2,1-2H3,(H,20,25). The Bertz CT molecular complexity index is 948. The first-order valence-electron chi connectivity index (χ1n) is 8.55. The third-order valence-corrected chi connectivity index (χ3v) is 4.18. The second-order valence-corrected chi connectivity index (χ2v) is 6.16. The summed E-state index contributed by atoms with van der Waals surface area (Å²) in [6, 6.07) is 10.1. The summed E-state index contributed by atoms with van der Waals surface area (Å²) in [5.41, 5.74) is 2.22. The Hall–Kier alpha value is -3.49. The van der Waals surface area contributed by atoms with Gasteiger partial charge in [-0.25, -0.2) is 0 Å². The number of nitrogens with zero attached hydrogens (tertiary/aromatic N) is 5. The highest BCUT2D eigenvalue weighted by atomic mass is 16.6. The highest BCUT2D eigenvalue weighted by Gasteiger charge is 2.27. The Balaban J connectivity index is 1.76. The fourth-order valence-electron chi connectivity index (χ4n) is 2.90. The van der Waals surface area contributed by atoms with Crippen molar-refractivity contribution in [2.24, 2.45) is 0 Å². The highest BCUT2D eigenvalue weighted by Crippen LogP contribution is 2.21. The average molecular weight is 368 g/mol. The van der Waals surface area contributed by atoms with E-state index in [9.17, 15) is 14.9 Å². The summed E-state index contributed by atoms with van der Waals surface area (Å²) in [4.78, 5) is 23.1. The van der Waals surface area contributed by atoms with Crippen LogP contribution in [0.4, 0.5) is 11.5 Å². The number of aryl methyl sites for hydroxylation is 1. The van der Waals surface area contributed by atoms with Crippen LogP contribution in [0.3, 0.4) is 0 Å². The number of nitrogens with one attached hydrogen (secondary N) is 1. The van der Waals surface area contributed by atoms with Gasteiger partial charge >= 0.3 is 5.82 Å². The van der Waals surface area contributed by atoms with E-state index in [2.05, 4.69) is 15.5 Å². The van der Waals surface area contributed by atoms with E-state index < -0.39 is 11.0 Å². The van der Waals surface area contributed by atoms with Crippen LogP contribution in [-0.4, -0.2) is 30.4 Å². The van der Waals surface area contributed by atoms with Crippen molar-refractivity contribution in [3.63, 3.8) is 0 Å². The topological polar surface area (TPSA) is 108 Å². The molecule has 0 aliphatic carbocycles. The summed E-state index contributed by atoms with van der Waals surface area (Å²) in [6.45, 7) is 4.13. The lowest BCUT2D eigenvalue weighted by molar-refractivity contribution is -0.389. The quantitative estimate of drug-likeness (QED) is 0.509.